The van der Waals surface area contributed by atoms with Crippen LogP contribution in [0.1, 0.15) is 46.3 Å². The third kappa shape index (κ3) is 4.05. The van der Waals surface area contributed by atoms with E-state index >= 15 is 0 Å². The van der Waals surface area contributed by atoms with Crippen molar-refractivity contribution in [2.75, 3.05) is 20.3 Å². The maximum absolute atomic E-state index is 14.0. The molecule has 7 nitrogen and oxygen atoms in total. The predicted octanol–water partition coefficient (Wildman–Crippen LogP) is 6.40. The second-order valence-electron chi connectivity index (χ2n) is 9.83. The Bertz CT molecular complexity index is 1630. The molecule has 3 aromatic heterocycles. The summed E-state index contributed by atoms with van der Waals surface area (Å²) >= 11 is 0. The number of rotatable bonds is 5. The van der Waals surface area contributed by atoms with Crippen LogP contribution in [0.15, 0.2) is 59.3 Å². The van der Waals surface area contributed by atoms with Crippen molar-refractivity contribution >= 4 is 27.9 Å². The molecule has 2 aromatic carbocycles. The number of ether oxygens (including phenoxy) is 2. The monoisotopic (exact) mass is 513 g/mol. The van der Waals surface area contributed by atoms with E-state index in [4.69, 9.17) is 19.0 Å². The lowest BCUT2D eigenvalue weighted by atomic mass is 9.86. The number of carbonyl (C=O) groups excluding carboxylic acids is 1. The number of aryl methyl sites for hydroxylation is 2. The number of hydrogen-bond donors (Lipinski definition) is 0. The topological polar surface area (TPSA) is 79.4 Å². The number of benzene rings is 2. The minimum absolute atomic E-state index is 0.130. The lowest BCUT2D eigenvalue weighted by molar-refractivity contribution is 0.0552. The Labute approximate surface area is 219 Å². The molecule has 0 spiro atoms. The first kappa shape index (κ1) is 24.3. The predicted molar refractivity (Wildman–Crippen MR) is 142 cm³/mol. The fourth-order valence-corrected chi connectivity index (χ4v) is 5.81. The van der Waals surface area contributed by atoms with Gasteiger partial charge in [-0.15, -0.1) is 0 Å². The van der Waals surface area contributed by atoms with Gasteiger partial charge >= 0.3 is 5.97 Å². The third-order valence-electron chi connectivity index (χ3n) is 7.58. The van der Waals surface area contributed by atoms with E-state index in [2.05, 4.69) is 15.8 Å². The van der Waals surface area contributed by atoms with E-state index in [1.807, 2.05) is 44.3 Å². The summed E-state index contributed by atoms with van der Waals surface area (Å²) in [7, 11) is 1.38. The van der Waals surface area contributed by atoms with Gasteiger partial charge < -0.3 is 18.6 Å². The minimum atomic E-state index is -0.405. The van der Waals surface area contributed by atoms with E-state index in [1.165, 1.54) is 19.2 Å². The zero-order valence-corrected chi connectivity index (χ0v) is 21.5. The molecular weight excluding hydrogens is 485 g/mol. The summed E-state index contributed by atoms with van der Waals surface area (Å²) in [6.07, 6.45) is 3.56. The van der Waals surface area contributed by atoms with Gasteiger partial charge in [-0.1, -0.05) is 17.3 Å². The van der Waals surface area contributed by atoms with Crippen molar-refractivity contribution in [3.8, 4) is 11.1 Å². The smallest absolute Gasteiger partial charge is 0.337 e. The first-order valence-electron chi connectivity index (χ1n) is 12.7. The number of hydrogen-bond acceptors (Lipinski definition) is 6. The number of esters is 1. The molecule has 0 amide bonds. The van der Waals surface area contributed by atoms with Gasteiger partial charge in [0.1, 0.15) is 11.6 Å². The quantitative estimate of drug-likeness (QED) is 0.253. The summed E-state index contributed by atoms with van der Waals surface area (Å²) in [6.45, 7) is 5.13. The fraction of sp³-hybridized carbons (Fsp3) is 0.300. The van der Waals surface area contributed by atoms with Crippen LogP contribution in [0.5, 0.6) is 0 Å². The lowest BCUT2D eigenvalue weighted by Gasteiger charge is -2.33. The fourth-order valence-electron chi connectivity index (χ4n) is 5.81. The Hall–Kier alpha value is -4.04. The molecule has 0 aliphatic carbocycles. The zero-order valence-electron chi connectivity index (χ0n) is 21.5. The SMILES string of the molecule is COC(=O)c1ccc2c3ncc(-c4c(C)noc4C)cc3n([C@H](c3ccc(F)cc3)C3CCOCC3)c2c1. The minimum Gasteiger partial charge on any atom is -0.465 e. The molecule has 1 aliphatic heterocycles. The normalized spacial score (nSPS) is 15.3. The first-order valence-corrected chi connectivity index (χ1v) is 12.7. The van der Waals surface area contributed by atoms with Crippen LogP contribution in [0.4, 0.5) is 4.39 Å². The molecule has 1 aliphatic rings. The Kier molecular flexibility index (Phi) is 6.19. The van der Waals surface area contributed by atoms with Crippen LogP contribution in [-0.4, -0.2) is 41.0 Å². The van der Waals surface area contributed by atoms with Gasteiger partial charge in [0.15, 0.2) is 0 Å². The molecule has 0 unspecified atom stereocenters. The van der Waals surface area contributed by atoms with Crippen LogP contribution in [-0.2, 0) is 9.47 Å². The summed E-state index contributed by atoms with van der Waals surface area (Å²) in [5.74, 6) is 0.269. The van der Waals surface area contributed by atoms with Crippen LogP contribution >= 0.6 is 0 Å². The van der Waals surface area contributed by atoms with Crippen LogP contribution in [0.3, 0.4) is 0 Å². The van der Waals surface area contributed by atoms with Crippen molar-refractivity contribution in [3.63, 3.8) is 0 Å². The molecule has 0 bridgehead atoms. The highest BCUT2D eigenvalue weighted by atomic mass is 19.1. The number of aromatic nitrogens is 3. The van der Waals surface area contributed by atoms with Crippen molar-refractivity contribution in [1.82, 2.24) is 14.7 Å². The summed E-state index contributed by atoms with van der Waals surface area (Å²) < 4.78 is 32.4. The van der Waals surface area contributed by atoms with Gasteiger partial charge in [0, 0.05) is 35.9 Å². The first-order chi connectivity index (χ1) is 18.5. The Balaban J connectivity index is 1.68. The molecule has 1 fully saturated rings. The Morgan fingerprint density at radius 3 is 2.53 bits per heavy atom. The molecule has 1 atom stereocenters. The van der Waals surface area contributed by atoms with E-state index in [0.717, 1.165) is 62.9 Å². The summed E-state index contributed by atoms with van der Waals surface area (Å²) in [5, 5.41) is 5.06. The van der Waals surface area contributed by atoms with Crippen molar-refractivity contribution in [2.24, 2.45) is 5.92 Å². The van der Waals surface area contributed by atoms with Crippen LogP contribution in [0.25, 0.3) is 33.1 Å². The van der Waals surface area contributed by atoms with Gasteiger partial charge in [0.25, 0.3) is 0 Å². The molecule has 5 aromatic rings. The van der Waals surface area contributed by atoms with Gasteiger partial charge in [0.2, 0.25) is 0 Å². The van der Waals surface area contributed by atoms with Crippen LogP contribution in [0, 0.1) is 25.6 Å². The molecule has 0 N–H and O–H groups in total. The van der Waals surface area contributed by atoms with Crippen LogP contribution < -0.4 is 0 Å². The maximum atomic E-state index is 14.0. The molecule has 6 rings (SSSR count). The number of carbonyl (C=O) groups is 1. The standard InChI is InChI=1S/C30H28FN3O4/c1-17-27(18(2)38-33-17)22-15-26-28(32-16-22)24-9-6-21(30(35)36-3)14-25(24)34(26)29(20-10-12-37-13-11-20)19-4-7-23(31)8-5-19/h4-9,14-16,20,29H,10-13H2,1-3H3/t29-/m1/s1. The molecular formula is C30H28FN3O4. The van der Waals surface area contributed by atoms with Gasteiger partial charge in [-0.2, -0.15) is 0 Å². The second-order valence-corrected chi connectivity index (χ2v) is 9.83. The largest absolute Gasteiger partial charge is 0.465 e. The highest BCUT2D eigenvalue weighted by molar-refractivity contribution is 6.08. The highest BCUT2D eigenvalue weighted by Gasteiger charge is 2.31. The molecule has 0 saturated carbocycles. The summed E-state index contributed by atoms with van der Waals surface area (Å²) in [6, 6.07) is 14.3. The molecule has 0 radical (unpaired) electrons. The van der Waals surface area contributed by atoms with Crippen molar-refractivity contribution in [2.45, 2.75) is 32.7 Å². The van der Waals surface area contributed by atoms with Gasteiger partial charge in [-0.3, -0.25) is 4.98 Å². The average molecular weight is 514 g/mol. The maximum Gasteiger partial charge on any atom is 0.337 e. The number of pyridine rings is 1. The van der Waals surface area contributed by atoms with E-state index in [9.17, 15) is 9.18 Å². The van der Waals surface area contributed by atoms with Crippen molar-refractivity contribution < 1.29 is 23.2 Å². The summed E-state index contributed by atoms with van der Waals surface area (Å²) in [4.78, 5) is 17.4. The molecule has 38 heavy (non-hydrogen) atoms. The highest BCUT2D eigenvalue weighted by Crippen LogP contribution is 2.42. The van der Waals surface area contributed by atoms with Gasteiger partial charge in [-0.25, -0.2) is 9.18 Å². The average Bonchev–Trinajstić information content (AvgIpc) is 3.45. The number of halogens is 1. The van der Waals surface area contributed by atoms with E-state index < -0.39 is 5.97 Å². The van der Waals surface area contributed by atoms with Crippen LogP contribution in [0.2, 0.25) is 0 Å². The van der Waals surface area contributed by atoms with Gasteiger partial charge in [-0.05, 0) is 74.6 Å². The van der Waals surface area contributed by atoms with E-state index in [-0.39, 0.29) is 17.8 Å². The summed E-state index contributed by atoms with van der Waals surface area (Å²) in [5.41, 5.74) is 6.66. The Morgan fingerprint density at radius 1 is 1.08 bits per heavy atom. The van der Waals surface area contributed by atoms with Crippen molar-refractivity contribution in [1.29, 1.82) is 0 Å². The second kappa shape index (κ2) is 9.68. The molecule has 8 heteroatoms. The number of nitrogens with zero attached hydrogens (tertiary/aromatic N) is 3. The molecule has 4 heterocycles. The number of methoxy groups -OCH3 is 1. The van der Waals surface area contributed by atoms with Gasteiger partial charge in [0.05, 0.1) is 41.0 Å². The lowest BCUT2D eigenvalue weighted by Crippen LogP contribution is -2.27. The van der Waals surface area contributed by atoms with E-state index in [0.29, 0.717) is 18.8 Å². The third-order valence-corrected chi connectivity index (χ3v) is 7.58. The molecule has 1 saturated heterocycles. The van der Waals surface area contributed by atoms with E-state index in [1.54, 1.807) is 6.07 Å². The molecule has 194 valence electrons. The Morgan fingerprint density at radius 2 is 1.84 bits per heavy atom. The zero-order chi connectivity index (χ0) is 26.4. The number of fused-ring (bicyclic) bond motifs is 3. The van der Waals surface area contributed by atoms with Crippen molar-refractivity contribution in [3.05, 3.63) is 83.1 Å².